The molecule has 0 atom stereocenters. The van der Waals surface area contributed by atoms with Gasteiger partial charge in [0.05, 0.1) is 11.1 Å². The number of hydrogen-bond donors (Lipinski definition) is 1. The van der Waals surface area contributed by atoms with Gasteiger partial charge in [0, 0.05) is 23.6 Å². The zero-order valence-electron chi connectivity index (χ0n) is 11.5. The third-order valence-electron chi connectivity index (χ3n) is 2.61. The summed E-state index contributed by atoms with van der Waals surface area (Å²) in [6, 6.07) is 6.11. The molecule has 2 rings (SSSR count). The minimum Gasteiger partial charge on any atom is -0.491 e. The van der Waals surface area contributed by atoms with Crippen molar-refractivity contribution in [2.75, 3.05) is 18.1 Å². The molecule has 1 heterocycles. The summed E-state index contributed by atoms with van der Waals surface area (Å²) in [6.07, 6.45) is 0.813. The van der Waals surface area contributed by atoms with Crippen molar-refractivity contribution in [1.29, 1.82) is 0 Å². The van der Waals surface area contributed by atoms with E-state index >= 15 is 0 Å². The van der Waals surface area contributed by atoms with Crippen molar-refractivity contribution in [1.82, 2.24) is 9.97 Å². The standard InChI is InChI=1S/C14H15BrFN3OS/c1-2-10-8-13(17)19-14(18-10)21-6-5-20-12-7-9(16)3-4-11(12)15/h3-4,7-8H,2,5-6H2,1H3,(H2,17,18,19). The van der Waals surface area contributed by atoms with E-state index in [2.05, 4.69) is 25.9 Å². The van der Waals surface area contributed by atoms with Gasteiger partial charge in [-0.2, -0.15) is 0 Å². The number of nitrogen functional groups attached to an aromatic ring is 1. The topological polar surface area (TPSA) is 61.0 Å². The summed E-state index contributed by atoms with van der Waals surface area (Å²) < 4.78 is 19.4. The predicted molar refractivity (Wildman–Crippen MR) is 86.1 cm³/mol. The fourth-order valence-corrected chi connectivity index (χ4v) is 2.67. The number of ether oxygens (including phenoxy) is 1. The molecule has 112 valence electrons. The van der Waals surface area contributed by atoms with Crippen LogP contribution in [0.4, 0.5) is 10.2 Å². The molecule has 1 aromatic heterocycles. The molecular formula is C14H15BrFN3OS. The smallest absolute Gasteiger partial charge is 0.189 e. The summed E-state index contributed by atoms with van der Waals surface area (Å²) >= 11 is 4.77. The third kappa shape index (κ3) is 4.86. The van der Waals surface area contributed by atoms with E-state index in [0.717, 1.165) is 16.6 Å². The number of benzene rings is 1. The minimum atomic E-state index is -0.326. The van der Waals surface area contributed by atoms with Crippen molar-refractivity contribution < 1.29 is 9.13 Å². The first-order valence-corrected chi connectivity index (χ1v) is 8.20. The quantitative estimate of drug-likeness (QED) is 0.476. The van der Waals surface area contributed by atoms with Gasteiger partial charge in [-0.25, -0.2) is 14.4 Å². The largest absolute Gasteiger partial charge is 0.491 e. The summed E-state index contributed by atoms with van der Waals surface area (Å²) in [5, 5.41) is 0.633. The minimum absolute atomic E-state index is 0.326. The Labute approximate surface area is 135 Å². The molecule has 0 spiro atoms. The van der Waals surface area contributed by atoms with Gasteiger partial charge in [-0.3, -0.25) is 0 Å². The first kappa shape index (κ1) is 16.0. The fraction of sp³-hybridized carbons (Fsp3) is 0.286. The van der Waals surface area contributed by atoms with Crippen LogP contribution in [0, 0.1) is 5.82 Å². The molecule has 7 heteroatoms. The molecule has 0 amide bonds. The fourth-order valence-electron chi connectivity index (χ4n) is 1.61. The second-order valence-corrected chi connectivity index (χ2v) is 6.11. The highest BCUT2D eigenvalue weighted by atomic mass is 79.9. The number of anilines is 1. The Hall–Kier alpha value is -1.34. The molecule has 0 bridgehead atoms. The molecule has 4 nitrogen and oxygen atoms in total. The lowest BCUT2D eigenvalue weighted by atomic mass is 10.3. The Kier molecular flexibility index (Phi) is 5.81. The maximum atomic E-state index is 13.1. The number of thioether (sulfide) groups is 1. The van der Waals surface area contributed by atoms with Crippen molar-refractivity contribution in [2.45, 2.75) is 18.5 Å². The molecule has 0 aliphatic carbocycles. The van der Waals surface area contributed by atoms with E-state index in [1.54, 1.807) is 12.1 Å². The van der Waals surface area contributed by atoms with Gasteiger partial charge in [0.1, 0.15) is 17.4 Å². The summed E-state index contributed by atoms with van der Waals surface area (Å²) in [7, 11) is 0. The maximum absolute atomic E-state index is 13.1. The van der Waals surface area contributed by atoms with Crippen LogP contribution >= 0.6 is 27.7 Å². The zero-order chi connectivity index (χ0) is 15.2. The molecule has 0 aliphatic rings. The first-order valence-electron chi connectivity index (χ1n) is 6.42. The summed E-state index contributed by atoms with van der Waals surface area (Å²) in [5.74, 6) is 1.28. The lowest BCUT2D eigenvalue weighted by Crippen LogP contribution is -2.03. The van der Waals surface area contributed by atoms with Crippen LogP contribution in [0.5, 0.6) is 5.75 Å². The molecule has 1 aromatic carbocycles. The van der Waals surface area contributed by atoms with Gasteiger partial charge in [-0.05, 0) is 34.5 Å². The van der Waals surface area contributed by atoms with Gasteiger partial charge < -0.3 is 10.5 Å². The van der Waals surface area contributed by atoms with Crippen LogP contribution in [-0.4, -0.2) is 22.3 Å². The number of rotatable bonds is 6. The zero-order valence-corrected chi connectivity index (χ0v) is 13.9. The third-order valence-corrected chi connectivity index (χ3v) is 4.07. The van der Waals surface area contributed by atoms with Gasteiger partial charge in [0.2, 0.25) is 0 Å². The molecule has 0 fully saturated rings. The average Bonchev–Trinajstić information content (AvgIpc) is 2.46. The Morgan fingerprint density at radius 3 is 2.90 bits per heavy atom. The van der Waals surface area contributed by atoms with Gasteiger partial charge >= 0.3 is 0 Å². The van der Waals surface area contributed by atoms with E-state index in [9.17, 15) is 4.39 Å². The number of halogens is 2. The Morgan fingerprint density at radius 1 is 1.33 bits per heavy atom. The number of nitrogens with two attached hydrogens (primary N) is 1. The Balaban J connectivity index is 1.87. The predicted octanol–water partition coefficient (Wildman–Crippen LogP) is 3.69. The van der Waals surface area contributed by atoms with Crippen LogP contribution in [0.1, 0.15) is 12.6 Å². The van der Waals surface area contributed by atoms with Gasteiger partial charge in [-0.15, -0.1) is 0 Å². The van der Waals surface area contributed by atoms with Crippen LogP contribution in [0.2, 0.25) is 0 Å². The van der Waals surface area contributed by atoms with Gasteiger partial charge in [0.15, 0.2) is 5.16 Å². The normalized spacial score (nSPS) is 10.6. The molecule has 0 saturated heterocycles. The first-order chi connectivity index (χ1) is 10.1. The number of aryl methyl sites for hydroxylation is 1. The Bertz CT molecular complexity index is 627. The number of nitrogens with zero attached hydrogens (tertiary/aromatic N) is 2. The average molecular weight is 372 g/mol. The Morgan fingerprint density at radius 2 is 2.14 bits per heavy atom. The maximum Gasteiger partial charge on any atom is 0.189 e. The van der Waals surface area contributed by atoms with Crippen LogP contribution < -0.4 is 10.5 Å². The van der Waals surface area contributed by atoms with Crippen molar-refractivity contribution in [3.05, 3.63) is 40.2 Å². The lowest BCUT2D eigenvalue weighted by Gasteiger charge is -2.08. The number of aromatic nitrogens is 2. The van der Waals surface area contributed by atoms with Crippen molar-refractivity contribution in [2.24, 2.45) is 0 Å². The van der Waals surface area contributed by atoms with Crippen LogP contribution in [-0.2, 0) is 6.42 Å². The molecule has 21 heavy (non-hydrogen) atoms. The van der Waals surface area contributed by atoms with E-state index in [1.807, 2.05) is 6.92 Å². The summed E-state index contributed by atoms with van der Waals surface area (Å²) in [4.78, 5) is 8.54. The molecular weight excluding hydrogens is 357 g/mol. The van der Waals surface area contributed by atoms with Crippen molar-refractivity contribution in [3.8, 4) is 5.75 Å². The summed E-state index contributed by atoms with van der Waals surface area (Å²) in [5.41, 5.74) is 6.64. The lowest BCUT2D eigenvalue weighted by molar-refractivity contribution is 0.339. The van der Waals surface area contributed by atoms with E-state index in [-0.39, 0.29) is 5.82 Å². The molecule has 0 aliphatic heterocycles. The highest BCUT2D eigenvalue weighted by molar-refractivity contribution is 9.10. The van der Waals surface area contributed by atoms with Gasteiger partial charge in [-0.1, -0.05) is 18.7 Å². The van der Waals surface area contributed by atoms with E-state index in [0.29, 0.717) is 29.1 Å². The van der Waals surface area contributed by atoms with Crippen molar-refractivity contribution in [3.63, 3.8) is 0 Å². The summed E-state index contributed by atoms with van der Waals surface area (Å²) in [6.45, 7) is 2.44. The van der Waals surface area contributed by atoms with Crippen molar-refractivity contribution >= 4 is 33.5 Å². The highest BCUT2D eigenvalue weighted by Gasteiger charge is 2.05. The molecule has 2 N–H and O–H groups in total. The second-order valence-electron chi connectivity index (χ2n) is 4.19. The van der Waals surface area contributed by atoms with E-state index in [1.165, 1.54) is 23.9 Å². The molecule has 0 saturated carbocycles. The SMILES string of the molecule is CCc1cc(N)nc(SCCOc2cc(F)ccc2Br)n1. The van der Waals surface area contributed by atoms with Gasteiger partial charge in [0.25, 0.3) is 0 Å². The second kappa shape index (κ2) is 7.61. The van der Waals surface area contributed by atoms with Crippen LogP contribution in [0.25, 0.3) is 0 Å². The monoisotopic (exact) mass is 371 g/mol. The van der Waals surface area contributed by atoms with Crippen LogP contribution in [0.3, 0.4) is 0 Å². The number of hydrogen-bond acceptors (Lipinski definition) is 5. The molecule has 2 aromatic rings. The van der Waals surface area contributed by atoms with Crippen LogP contribution in [0.15, 0.2) is 33.9 Å². The molecule has 0 radical (unpaired) electrons. The van der Waals surface area contributed by atoms with E-state index in [4.69, 9.17) is 10.5 Å². The highest BCUT2D eigenvalue weighted by Crippen LogP contribution is 2.26. The molecule has 0 unspecified atom stereocenters. The van der Waals surface area contributed by atoms with E-state index < -0.39 is 0 Å².